The van der Waals surface area contributed by atoms with Crippen LogP contribution in [0.5, 0.6) is 0 Å². The lowest BCUT2D eigenvalue weighted by molar-refractivity contribution is 0.424. The molecule has 1 N–H and O–H groups in total. The molecule has 0 fully saturated rings. The van der Waals surface area contributed by atoms with Crippen LogP contribution >= 0.6 is 0 Å². The van der Waals surface area contributed by atoms with Gasteiger partial charge in [0.2, 0.25) is 0 Å². The number of nitrogens with zero attached hydrogens (tertiary/aromatic N) is 2. The number of hydrogen-bond donors (Lipinski definition) is 1. The van der Waals surface area contributed by atoms with Crippen molar-refractivity contribution in [2.24, 2.45) is 5.92 Å². The monoisotopic (exact) mass is 291 g/mol. The van der Waals surface area contributed by atoms with Gasteiger partial charge in [0.25, 0.3) is 0 Å². The third-order valence-electron chi connectivity index (χ3n) is 3.40. The lowest BCUT2D eigenvalue weighted by Gasteiger charge is -2.26. The Kier molecular flexibility index (Phi) is 6.66. The van der Waals surface area contributed by atoms with Crippen molar-refractivity contribution in [3.63, 3.8) is 0 Å². The topological polar surface area (TPSA) is 28.2 Å². The largest absolute Gasteiger partial charge is 0.357 e. The molecule has 1 heterocycles. The lowest BCUT2D eigenvalue weighted by Crippen LogP contribution is -2.35. The highest BCUT2D eigenvalue weighted by atomic mass is 15.2. The van der Waals surface area contributed by atoms with Crippen molar-refractivity contribution < 1.29 is 0 Å². The molecule has 1 rings (SSSR count). The van der Waals surface area contributed by atoms with Crippen LogP contribution in [0.4, 0.5) is 5.82 Å². The van der Waals surface area contributed by atoms with Gasteiger partial charge >= 0.3 is 0 Å². The fourth-order valence-corrected chi connectivity index (χ4v) is 2.27. The number of hydrogen-bond acceptors (Lipinski definition) is 3. The summed E-state index contributed by atoms with van der Waals surface area (Å²) < 4.78 is 0. The number of aryl methyl sites for hydroxylation is 1. The van der Waals surface area contributed by atoms with E-state index in [0.29, 0.717) is 5.92 Å². The van der Waals surface area contributed by atoms with Crippen LogP contribution in [-0.2, 0) is 13.0 Å². The molecule has 0 atom stereocenters. The highest BCUT2D eigenvalue weighted by Crippen LogP contribution is 2.18. The first kappa shape index (κ1) is 18.0. The average molecular weight is 291 g/mol. The molecule has 0 aromatic carbocycles. The molecule has 0 saturated carbocycles. The second-order valence-electron chi connectivity index (χ2n) is 7.21. The zero-order valence-electron chi connectivity index (χ0n) is 15.0. The summed E-state index contributed by atoms with van der Waals surface area (Å²) in [5, 5.41) is 3.57. The highest BCUT2D eigenvalue weighted by molar-refractivity contribution is 5.43. The molecule has 0 bridgehead atoms. The standard InChI is InChI=1S/C18H33N3/c1-8-16-10-15(12-19-18(5,6)7)11-17(20-16)21(9-2)13-14(3)4/h10-11,14,19H,8-9,12-13H2,1-7H3. The number of anilines is 1. The molecule has 0 aliphatic rings. The Morgan fingerprint density at radius 1 is 1.19 bits per heavy atom. The number of aromatic nitrogens is 1. The van der Waals surface area contributed by atoms with Crippen LogP contribution in [-0.4, -0.2) is 23.6 Å². The molecule has 21 heavy (non-hydrogen) atoms. The normalized spacial score (nSPS) is 12.0. The van der Waals surface area contributed by atoms with E-state index in [1.165, 1.54) is 11.3 Å². The zero-order chi connectivity index (χ0) is 16.0. The van der Waals surface area contributed by atoms with Crippen molar-refractivity contribution in [3.8, 4) is 0 Å². The van der Waals surface area contributed by atoms with Crippen molar-refractivity contribution >= 4 is 5.82 Å². The summed E-state index contributed by atoms with van der Waals surface area (Å²) in [6.45, 7) is 18.5. The van der Waals surface area contributed by atoms with E-state index in [4.69, 9.17) is 4.98 Å². The zero-order valence-corrected chi connectivity index (χ0v) is 15.0. The van der Waals surface area contributed by atoms with E-state index in [2.05, 4.69) is 70.8 Å². The molecular weight excluding hydrogens is 258 g/mol. The molecule has 0 spiro atoms. The summed E-state index contributed by atoms with van der Waals surface area (Å²) in [7, 11) is 0. The third-order valence-corrected chi connectivity index (χ3v) is 3.40. The fraction of sp³-hybridized carbons (Fsp3) is 0.722. The highest BCUT2D eigenvalue weighted by Gasteiger charge is 2.12. The maximum Gasteiger partial charge on any atom is 0.129 e. The summed E-state index contributed by atoms with van der Waals surface area (Å²) in [6.07, 6.45) is 0.982. The molecule has 1 aromatic rings. The predicted molar refractivity (Wildman–Crippen MR) is 92.9 cm³/mol. The van der Waals surface area contributed by atoms with Gasteiger partial charge in [0.15, 0.2) is 0 Å². The summed E-state index contributed by atoms with van der Waals surface area (Å²) >= 11 is 0. The Bertz CT molecular complexity index is 433. The van der Waals surface area contributed by atoms with Gasteiger partial charge in [0.1, 0.15) is 5.82 Å². The van der Waals surface area contributed by atoms with Gasteiger partial charge in [0.05, 0.1) is 0 Å². The minimum atomic E-state index is 0.137. The van der Waals surface area contributed by atoms with Gasteiger partial charge in [-0.3, -0.25) is 0 Å². The Morgan fingerprint density at radius 2 is 1.86 bits per heavy atom. The van der Waals surface area contributed by atoms with Crippen molar-refractivity contribution in [2.45, 2.75) is 67.0 Å². The van der Waals surface area contributed by atoms with E-state index in [1.54, 1.807) is 0 Å². The minimum absolute atomic E-state index is 0.137. The minimum Gasteiger partial charge on any atom is -0.357 e. The molecule has 3 heteroatoms. The van der Waals surface area contributed by atoms with Gasteiger partial charge in [-0.2, -0.15) is 0 Å². The van der Waals surface area contributed by atoms with E-state index in [9.17, 15) is 0 Å². The Labute approximate surface area is 131 Å². The van der Waals surface area contributed by atoms with Gasteiger partial charge in [-0.15, -0.1) is 0 Å². The van der Waals surface area contributed by atoms with Gasteiger partial charge in [-0.05, 0) is 57.7 Å². The van der Waals surface area contributed by atoms with E-state index < -0.39 is 0 Å². The summed E-state index contributed by atoms with van der Waals surface area (Å²) in [5.74, 6) is 1.77. The van der Waals surface area contributed by atoms with E-state index in [1.807, 2.05) is 0 Å². The first-order valence-electron chi connectivity index (χ1n) is 8.25. The van der Waals surface area contributed by atoms with Gasteiger partial charge in [0, 0.05) is 30.9 Å². The van der Waals surface area contributed by atoms with E-state index in [-0.39, 0.29) is 5.54 Å². The van der Waals surface area contributed by atoms with Gasteiger partial charge in [-0.25, -0.2) is 4.98 Å². The maximum atomic E-state index is 4.82. The van der Waals surface area contributed by atoms with Crippen LogP contribution in [0.25, 0.3) is 0 Å². The smallest absolute Gasteiger partial charge is 0.129 e. The van der Waals surface area contributed by atoms with Crippen molar-refractivity contribution in [2.75, 3.05) is 18.0 Å². The summed E-state index contributed by atoms with van der Waals surface area (Å²) in [6, 6.07) is 4.47. The lowest BCUT2D eigenvalue weighted by atomic mass is 10.1. The van der Waals surface area contributed by atoms with E-state index in [0.717, 1.165) is 31.9 Å². The number of pyridine rings is 1. The predicted octanol–water partition coefficient (Wildman–Crippen LogP) is 4.01. The van der Waals surface area contributed by atoms with Crippen LogP contribution in [0.3, 0.4) is 0 Å². The van der Waals surface area contributed by atoms with Gasteiger partial charge in [-0.1, -0.05) is 20.8 Å². The molecular formula is C18H33N3. The third kappa shape index (κ3) is 6.47. The molecule has 120 valence electrons. The summed E-state index contributed by atoms with van der Waals surface area (Å²) in [5.41, 5.74) is 2.65. The molecule has 0 amide bonds. The number of rotatable bonds is 7. The molecule has 3 nitrogen and oxygen atoms in total. The van der Waals surface area contributed by atoms with Crippen LogP contribution in [0.2, 0.25) is 0 Å². The molecule has 1 aromatic heterocycles. The summed E-state index contributed by atoms with van der Waals surface area (Å²) in [4.78, 5) is 7.20. The first-order chi connectivity index (χ1) is 9.75. The molecule has 0 unspecified atom stereocenters. The van der Waals surface area contributed by atoms with Crippen molar-refractivity contribution in [3.05, 3.63) is 23.4 Å². The van der Waals surface area contributed by atoms with E-state index >= 15 is 0 Å². The quantitative estimate of drug-likeness (QED) is 0.822. The second kappa shape index (κ2) is 7.79. The molecule has 0 saturated heterocycles. The van der Waals surface area contributed by atoms with Crippen molar-refractivity contribution in [1.82, 2.24) is 10.3 Å². The van der Waals surface area contributed by atoms with Crippen LogP contribution < -0.4 is 10.2 Å². The van der Waals surface area contributed by atoms with Crippen LogP contribution in [0, 0.1) is 5.92 Å². The van der Waals surface area contributed by atoms with Crippen LogP contribution in [0.1, 0.15) is 59.7 Å². The molecule has 0 radical (unpaired) electrons. The fourth-order valence-electron chi connectivity index (χ4n) is 2.27. The average Bonchev–Trinajstić information content (AvgIpc) is 2.41. The maximum absolute atomic E-state index is 4.82. The second-order valence-corrected chi connectivity index (χ2v) is 7.21. The van der Waals surface area contributed by atoms with Crippen molar-refractivity contribution in [1.29, 1.82) is 0 Å². The first-order valence-corrected chi connectivity index (χ1v) is 8.25. The SMILES string of the molecule is CCc1cc(CNC(C)(C)C)cc(N(CC)CC(C)C)n1. The number of nitrogens with one attached hydrogen (secondary N) is 1. The Morgan fingerprint density at radius 3 is 2.33 bits per heavy atom. The molecule has 0 aliphatic carbocycles. The van der Waals surface area contributed by atoms with Crippen LogP contribution in [0.15, 0.2) is 12.1 Å². The Balaban J connectivity index is 2.98. The molecule has 0 aliphatic heterocycles. The Hall–Kier alpha value is -1.09. The van der Waals surface area contributed by atoms with Gasteiger partial charge < -0.3 is 10.2 Å².